The van der Waals surface area contributed by atoms with Crippen molar-refractivity contribution < 1.29 is 4.52 Å². The lowest BCUT2D eigenvalue weighted by atomic mass is 10.1. The minimum absolute atomic E-state index is 0.0554. The number of nitrogens with zero attached hydrogens (tertiary/aromatic N) is 5. The van der Waals surface area contributed by atoms with Crippen molar-refractivity contribution in [3.05, 3.63) is 23.6 Å². The predicted octanol–water partition coefficient (Wildman–Crippen LogP) is 1.07. The van der Waals surface area contributed by atoms with E-state index in [1.165, 1.54) is 0 Å². The molecule has 18 heavy (non-hydrogen) atoms. The Labute approximate surface area is 105 Å². The summed E-state index contributed by atoms with van der Waals surface area (Å²) >= 11 is 0. The third-order valence-corrected chi connectivity index (χ3v) is 2.65. The van der Waals surface area contributed by atoms with Crippen LogP contribution in [0, 0.1) is 0 Å². The van der Waals surface area contributed by atoms with Gasteiger partial charge in [-0.3, -0.25) is 0 Å². The van der Waals surface area contributed by atoms with E-state index in [4.69, 9.17) is 10.3 Å². The van der Waals surface area contributed by atoms with Crippen LogP contribution < -0.4 is 5.73 Å². The molecule has 2 aromatic rings. The number of hydrogen-bond acceptors (Lipinski definition) is 6. The van der Waals surface area contributed by atoms with Gasteiger partial charge in [-0.1, -0.05) is 30.6 Å². The van der Waals surface area contributed by atoms with Crippen LogP contribution in [0.1, 0.15) is 50.1 Å². The summed E-state index contributed by atoms with van der Waals surface area (Å²) in [5.74, 6) is 1.24. The highest BCUT2D eigenvalue weighted by Crippen LogP contribution is 2.12. The van der Waals surface area contributed by atoms with Gasteiger partial charge in [0.15, 0.2) is 5.82 Å². The molecule has 0 aliphatic heterocycles. The van der Waals surface area contributed by atoms with Crippen molar-refractivity contribution in [2.75, 3.05) is 0 Å². The normalized spacial score (nSPS) is 12.8. The largest absolute Gasteiger partial charge is 0.339 e. The topological polar surface area (TPSA) is 95.7 Å². The first-order valence-electron chi connectivity index (χ1n) is 6.20. The van der Waals surface area contributed by atoms with E-state index in [0.717, 1.165) is 25.0 Å². The molecule has 0 aliphatic rings. The number of aryl methyl sites for hydroxylation is 1. The lowest BCUT2D eigenvalue weighted by Crippen LogP contribution is -2.10. The van der Waals surface area contributed by atoms with Gasteiger partial charge >= 0.3 is 0 Å². The van der Waals surface area contributed by atoms with Crippen LogP contribution in [0.25, 0.3) is 0 Å². The summed E-state index contributed by atoms with van der Waals surface area (Å²) < 4.78 is 6.71. The van der Waals surface area contributed by atoms with Crippen LogP contribution in [-0.2, 0) is 13.0 Å². The minimum atomic E-state index is -0.0554. The first-order chi connectivity index (χ1) is 8.72. The molecule has 0 radical (unpaired) electrons. The third-order valence-electron chi connectivity index (χ3n) is 2.65. The Balaban J connectivity index is 2.01. The second kappa shape index (κ2) is 5.72. The van der Waals surface area contributed by atoms with Crippen molar-refractivity contribution in [2.45, 2.75) is 45.7 Å². The first-order valence-corrected chi connectivity index (χ1v) is 6.20. The summed E-state index contributed by atoms with van der Waals surface area (Å²) in [6, 6.07) is -0.0554. The molecule has 98 valence electrons. The van der Waals surface area contributed by atoms with Crippen LogP contribution in [-0.4, -0.2) is 25.1 Å². The van der Waals surface area contributed by atoms with Gasteiger partial charge in [0, 0.05) is 6.42 Å². The zero-order valence-electron chi connectivity index (χ0n) is 10.7. The van der Waals surface area contributed by atoms with Crippen LogP contribution in [0.3, 0.4) is 0 Å². The number of hydrogen-bond donors (Lipinski definition) is 1. The van der Waals surface area contributed by atoms with Crippen molar-refractivity contribution in [3.63, 3.8) is 0 Å². The summed E-state index contributed by atoms with van der Waals surface area (Å²) in [5, 5.41) is 11.9. The molecule has 0 aromatic carbocycles. The molecule has 1 unspecified atom stereocenters. The van der Waals surface area contributed by atoms with E-state index in [0.29, 0.717) is 18.3 Å². The van der Waals surface area contributed by atoms with Crippen molar-refractivity contribution in [1.29, 1.82) is 0 Å². The number of nitrogens with two attached hydrogens (primary N) is 1. The Hall–Kier alpha value is -1.76. The van der Waals surface area contributed by atoms with E-state index in [2.05, 4.69) is 27.4 Å². The monoisotopic (exact) mass is 250 g/mol. The van der Waals surface area contributed by atoms with E-state index in [9.17, 15) is 0 Å². The van der Waals surface area contributed by atoms with Gasteiger partial charge in [-0.15, -0.1) is 5.10 Å². The number of aromatic nitrogens is 5. The average Bonchev–Trinajstić information content (AvgIpc) is 2.99. The summed E-state index contributed by atoms with van der Waals surface area (Å²) in [4.78, 5) is 4.22. The van der Waals surface area contributed by atoms with Gasteiger partial charge in [-0.25, -0.2) is 4.68 Å². The molecule has 0 fully saturated rings. The third kappa shape index (κ3) is 2.92. The van der Waals surface area contributed by atoms with E-state index in [1.54, 1.807) is 4.68 Å². The van der Waals surface area contributed by atoms with Crippen LogP contribution in [0.2, 0.25) is 0 Å². The molecule has 1 atom stereocenters. The van der Waals surface area contributed by atoms with E-state index in [-0.39, 0.29) is 6.04 Å². The molecule has 0 bridgehead atoms. The zero-order valence-corrected chi connectivity index (χ0v) is 10.7. The Morgan fingerprint density at radius 1 is 1.44 bits per heavy atom. The summed E-state index contributed by atoms with van der Waals surface area (Å²) in [6.45, 7) is 4.51. The smallest absolute Gasteiger partial charge is 0.226 e. The van der Waals surface area contributed by atoms with Crippen molar-refractivity contribution in [3.8, 4) is 0 Å². The predicted molar refractivity (Wildman–Crippen MR) is 64.6 cm³/mol. The maximum atomic E-state index is 5.97. The Kier molecular flexibility index (Phi) is 4.03. The Morgan fingerprint density at radius 3 is 2.94 bits per heavy atom. The van der Waals surface area contributed by atoms with Gasteiger partial charge < -0.3 is 10.3 Å². The molecule has 0 saturated carbocycles. The van der Waals surface area contributed by atoms with Crippen LogP contribution in [0.4, 0.5) is 0 Å². The minimum Gasteiger partial charge on any atom is -0.339 e. The van der Waals surface area contributed by atoms with Crippen LogP contribution in [0.15, 0.2) is 10.7 Å². The highest BCUT2D eigenvalue weighted by Gasteiger charge is 2.11. The molecular weight excluding hydrogens is 232 g/mol. The van der Waals surface area contributed by atoms with Gasteiger partial charge in [0.1, 0.15) is 6.54 Å². The molecule has 2 N–H and O–H groups in total. The summed E-state index contributed by atoms with van der Waals surface area (Å²) in [7, 11) is 0. The maximum Gasteiger partial charge on any atom is 0.226 e. The second-order valence-electron chi connectivity index (χ2n) is 4.19. The fourth-order valence-corrected chi connectivity index (χ4v) is 1.66. The number of rotatable bonds is 6. The van der Waals surface area contributed by atoms with Crippen molar-refractivity contribution in [2.24, 2.45) is 5.73 Å². The fraction of sp³-hybridized carbons (Fsp3) is 0.636. The average molecular weight is 250 g/mol. The Morgan fingerprint density at radius 2 is 2.28 bits per heavy atom. The van der Waals surface area contributed by atoms with Gasteiger partial charge in [-0.05, 0) is 6.42 Å². The summed E-state index contributed by atoms with van der Waals surface area (Å²) in [6.07, 6.45) is 4.50. The van der Waals surface area contributed by atoms with E-state index >= 15 is 0 Å². The standard InChI is InChI=1S/C11H18N6O/c1-3-5-8(12)9-6-17(16-14-9)7-10-13-11(4-2)18-15-10/h6,8H,3-5,7,12H2,1-2H3. The van der Waals surface area contributed by atoms with E-state index in [1.807, 2.05) is 13.1 Å². The Bertz CT molecular complexity index is 491. The molecular formula is C11H18N6O. The fourth-order valence-electron chi connectivity index (χ4n) is 1.66. The molecule has 2 rings (SSSR count). The molecule has 7 heteroatoms. The first kappa shape index (κ1) is 12.7. The highest BCUT2D eigenvalue weighted by molar-refractivity contribution is 5.00. The molecule has 0 saturated heterocycles. The summed E-state index contributed by atoms with van der Waals surface area (Å²) in [5.41, 5.74) is 6.77. The van der Waals surface area contributed by atoms with Crippen LogP contribution in [0.5, 0.6) is 0 Å². The molecule has 0 aliphatic carbocycles. The van der Waals surface area contributed by atoms with Crippen molar-refractivity contribution >= 4 is 0 Å². The lowest BCUT2D eigenvalue weighted by molar-refractivity contribution is 0.374. The van der Waals surface area contributed by atoms with Gasteiger partial charge in [0.05, 0.1) is 17.9 Å². The van der Waals surface area contributed by atoms with E-state index < -0.39 is 0 Å². The molecule has 0 spiro atoms. The second-order valence-corrected chi connectivity index (χ2v) is 4.19. The van der Waals surface area contributed by atoms with Gasteiger partial charge in [0.2, 0.25) is 5.89 Å². The maximum absolute atomic E-state index is 5.97. The van der Waals surface area contributed by atoms with Crippen molar-refractivity contribution in [1.82, 2.24) is 25.1 Å². The lowest BCUT2D eigenvalue weighted by Gasteiger charge is -2.04. The SMILES string of the molecule is CCCC(N)c1cn(Cc2noc(CC)n2)nn1. The van der Waals surface area contributed by atoms with Gasteiger partial charge in [0.25, 0.3) is 0 Å². The quantitative estimate of drug-likeness (QED) is 0.823. The van der Waals surface area contributed by atoms with Crippen LogP contribution >= 0.6 is 0 Å². The molecule has 2 heterocycles. The molecule has 2 aromatic heterocycles. The molecule has 0 amide bonds. The van der Waals surface area contributed by atoms with Gasteiger partial charge in [-0.2, -0.15) is 4.98 Å². The molecule has 7 nitrogen and oxygen atoms in total. The zero-order chi connectivity index (χ0) is 13.0. The highest BCUT2D eigenvalue weighted by atomic mass is 16.5.